The highest BCUT2D eigenvalue weighted by Gasteiger charge is 2.23. The molecule has 1 fully saturated rings. The van der Waals surface area contributed by atoms with Gasteiger partial charge in [-0.25, -0.2) is 9.97 Å². The normalized spacial score (nSPS) is 16.2. The SMILES string of the molecule is C=C/C=C(\C)c1cnc(Nc2cnn(C3CCN(CC(OC)OC)CC3)c2)c2nccn12. The van der Waals surface area contributed by atoms with Crippen molar-refractivity contribution >= 4 is 22.7 Å². The zero-order chi connectivity index (χ0) is 22.5. The van der Waals surface area contributed by atoms with Crippen LogP contribution in [0, 0.1) is 0 Å². The number of ether oxygens (including phenoxy) is 2. The van der Waals surface area contributed by atoms with Gasteiger partial charge in [-0.1, -0.05) is 18.7 Å². The standard InChI is InChI=1S/C23H31N7O2/c1-5-6-17(2)20-14-25-22(23-24-9-12-29(20)23)27-18-13-26-30(15-18)19-7-10-28(11-8-19)16-21(31-3)32-4/h5-6,9,12-15,19,21H,1,7-8,10-11,16H2,2-4H3,(H,25,27)/b17-6+. The maximum Gasteiger partial charge on any atom is 0.180 e. The third-order valence-corrected chi connectivity index (χ3v) is 5.93. The molecule has 0 aliphatic carbocycles. The molecule has 0 saturated carbocycles. The highest BCUT2D eigenvalue weighted by molar-refractivity contribution is 5.73. The Bertz CT molecular complexity index is 1080. The van der Waals surface area contributed by atoms with Gasteiger partial charge in [-0.15, -0.1) is 0 Å². The van der Waals surface area contributed by atoms with Gasteiger partial charge in [-0.3, -0.25) is 14.0 Å². The largest absolute Gasteiger partial charge is 0.355 e. The lowest BCUT2D eigenvalue weighted by atomic mass is 10.1. The van der Waals surface area contributed by atoms with E-state index in [1.807, 2.05) is 42.2 Å². The lowest BCUT2D eigenvalue weighted by Crippen LogP contribution is -2.40. The van der Waals surface area contributed by atoms with E-state index < -0.39 is 0 Å². The summed E-state index contributed by atoms with van der Waals surface area (Å²) in [6, 6.07) is 0.374. The number of nitrogens with zero attached hydrogens (tertiary/aromatic N) is 6. The highest BCUT2D eigenvalue weighted by Crippen LogP contribution is 2.26. The average molecular weight is 438 g/mol. The molecular formula is C23H31N7O2. The minimum atomic E-state index is -0.179. The van der Waals surface area contributed by atoms with Gasteiger partial charge in [0.2, 0.25) is 0 Å². The lowest BCUT2D eigenvalue weighted by molar-refractivity contribution is -0.118. The van der Waals surface area contributed by atoms with Gasteiger partial charge in [0.25, 0.3) is 0 Å². The summed E-state index contributed by atoms with van der Waals surface area (Å²) < 4.78 is 14.7. The quantitative estimate of drug-likeness (QED) is 0.405. The van der Waals surface area contributed by atoms with Crippen LogP contribution < -0.4 is 5.32 Å². The van der Waals surface area contributed by atoms with Crippen molar-refractivity contribution < 1.29 is 9.47 Å². The fraction of sp³-hybridized carbons (Fsp3) is 0.435. The first-order valence-corrected chi connectivity index (χ1v) is 10.8. The fourth-order valence-electron chi connectivity index (χ4n) is 4.12. The number of hydrogen-bond acceptors (Lipinski definition) is 7. The number of nitrogens with one attached hydrogen (secondary N) is 1. The van der Waals surface area contributed by atoms with Crippen LogP contribution in [0.4, 0.5) is 11.5 Å². The molecule has 9 nitrogen and oxygen atoms in total. The third-order valence-electron chi connectivity index (χ3n) is 5.93. The van der Waals surface area contributed by atoms with E-state index in [1.165, 1.54) is 0 Å². The molecular weight excluding hydrogens is 406 g/mol. The number of fused-ring (bicyclic) bond motifs is 1. The number of methoxy groups -OCH3 is 2. The molecule has 0 aromatic carbocycles. The molecule has 0 radical (unpaired) electrons. The molecule has 1 aliphatic rings. The molecule has 170 valence electrons. The first-order valence-electron chi connectivity index (χ1n) is 10.8. The van der Waals surface area contributed by atoms with Crippen LogP contribution in [-0.4, -0.2) is 69.2 Å². The predicted octanol–water partition coefficient (Wildman–Crippen LogP) is 3.51. The van der Waals surface area contributed by atoms with Gasteiger partial charge in [0.1, 0.15) is 0 Å². The Labute approximate surface area is 188 Å². The Balaban J connectivity index is 1.43. The summed E-state index contributed by atoms with van der Waals surface area (Å²) in [7, 11) is 3.36. The molecule has 32 heavy (non-hydrogen) atoms. The number of anilines is 2. The number of rotatable bonds is 9. The predicted molar refractivity (Wildman–Crippen MR) is 125 cm³/mol. The molecule has 0 unspecified atom stereocenters. The van der Waals surface area contributed by atoms with Crippen molar-refractivity contribution in [2.45, 2.75) is 32.1 Å². The second kappa shape index (κ2) is 10.1. The minimum absolute atomic E-state index is 0.179. The molecule has 9 heteroatoms. The summed E-state index contributed by atoms with van der Waals surface area (Å²) in [5.41, 5.74) is 3.72. The van der Waals surface area contributed by atoms with Crippen molar-refractivity contribution in [1.29, 1.82) is 0 Å². The van der Waals surface area contributed by atoms with Crippen molar-refractivity contribution in [1.82, 2.24) is 29.0 Å². The Kier molecular flexibility index (Phi) is 6.99. The Morgan fingerprint density at radius 2 is 2.03 bits per heavy atom. The molecule has 0 atom stereocenters. The van der Waals surface area contributed by atoms with Crippen LogP contribution >= 0.6 is 0 Å². The number of allylic oxidation sites excluding steroid dienone is 3. The number of likely N-dealkylation sites (tertiary alicyclic amines) is 1. The third kappa shape index (κ3) is 4.74. The molecule has 0 bridgehead atoms. The number of piperidine rings is 1. The van der Waals surface area contributed by atoms with Crippen LogP contribution in [0.25, 0.3) is 11.2 Å². The van der Waals surface area contributed by atoms with Crippen LogP contribution in [0.15, 0.2) is 49.7 Å². The summed E-state index contributed by atoms with van der Waals surface area (Å²) in [6.07, 6.45) is 15.1. The van der Waals surface area contributed by atoms with E-state index >= 15 is 0 Å². The Hall–Kier alpha value is -3.01. The van der Waals surface area contributed by atoms with Gasteiger partial charge in [-0.2, -0.15) is 5.10 Å². The summed E-state index contributed by atoms with van der Waals surface area (Å²) in [6.45, 7) is 8.58. The monoisotopic (exact) mass is 437 g/mol. The lowest BCUT2D eigenvalue weighted by Gasteiger charge is -2.33. The van der Waals surface area contributed by atoms with Crippen molar-refractivity contribution in [3.8, 4) is 0 Å². The Morgan fingerprint density at radius 3 is 2.75 bits per heavy atom. The molecule has 1 N–H and O–H groups in total. The van der Waals surface area contributed by atoms with Crippen LogP contribution in [-0.2, 0) is 9.47 Å². The highest BCUT2D eigenvalue weighted by atomic mass is 16.7. The zero-order valence-corrected chi connectivity index (χ0v) is 18.9. The molecule has 1 aliphatic heterocycles. The maximum atomic E-state index is 5.32. The van der Waals surface area contributed by atoms with E-state index in [1.54, 1.807) is 26.5 Å². The topological polar surface area (TPSA) is 81.7 Å². The molecule has 4 heterocycles. The van der Waals surface area contributed by atoms with Gasteiger partial charge >= 0.3 is 0 Å². The molecule has 0 amide bonds. The van der Waals surface area contributed by atoms with E-state index in [4.69, 9.17) is 9.47 Å². The van der Waals surface area contributed by atoms with Crippen molar-refractivity contribution in [3.63, 3.8) is 0 Å². The summed E-state index contributed by atoms with van der Waals surface area (Å²) in [4.78, 5) is 11.5. The van der Waals surface area contributed by atoms with Gasteiger partial charge in [0.05, 0.1) is 29.8 Å². The van der Waals surface area contributed by atoms with Crippen molar-refractivity contribution in [2.75, 3.05) is 39.2 Å². The van der Waals surface area contributed by atoms with Crippen molar-refractivity contribution in [3.05, 3.63) is 55.4 Å². The van der Waals surface area contributed by atoms with E-state index in [0.717, 1.165) is 55.1 Å². The van der Waals surface area contributed by atoms with Crippen LogP contribution in [0.5, 0.6) is 0 Å². The molecule has 4 rings (SSSR count). The number of hydrogen-bond donors (Lipinski definition) is 1. The van der Waals surface area contributed by atoms with Crippen LogP contribution in [0.1, 0.15) is 31.5 Å². The summed E-state index contributed by atoms with van der Waals surface area (Å²) >= 11 is 0. The molecule has 3 aromatic heterocycles. The van der Waals surface area contributed by atoms with Crippen molar-refractivity contribution in [2.24, 2.45) is 0 Å². The fourth-order valence-corrected chi connectivity index (χ4v) is 4.12. The second-order valence-corrected chi connectivity index (χ2v) is 7.97. The molecule has 3 aromatic rings. The first kappa shape index (κ1) is 22.2. The van der Waals surface area contributed by atoms with E-state index in [-0.39, 0.29) is 6.29 Å². The number of imidazole rings is 1. The van der Waals surface area contributed by atoms with E-state index in [2.05, 4.69) is 36.5 Å². The summed E-state index contributed by atoms with van der Waals surface area (Å²) in [5.74, 6) is 0.699. The maximum absolute atomic E-state index is 5.32. The van der Waals surface area contributed by atoms with Crippen LogP contribution in [0.3, 0.4) is 0 Å². The van der Waals surface area contributed by atoms with Crippen LogP contribution in [0.2, 0.25) is 0 Å². The average Bonchev–Trinajstić information content (AvgIpc) is 3.48. The number of aromatic nitrogens is 5. The Morgan fingerprint density at radius 1 is 1.25 bits per heavy atom. The summed E-state index contributed by atoms with van der Waals surface area (Å²) in [5, 5.41) is 7.98. The van der Waals surface area contributed by atoms with Gasteiger partial charge in [0, 0.05) is 52.4 Å². The zero-order valence-electron chi connectivity index (χ0n) is 18.9. The van der Waals surface area contributed by atoms with E-state index in [9.17, 15) is 0 Å². The second-order valence-electron chi connectivity index (χ2n) is 7.97. The smallest absolute Gasteiger partial charge is 0.180 e. The minimum Gasteiger partial charge on any atom is -0.355 e. The van der Waals surface area contributed by atoms with Gasteiger partial charge in [-0.05, 0) is 25.3 Å². The molecule has 0 spiro atoms. The van der Waals surface area contributed by atoms with Gasteiger partial charge in [0.15, 0.2) is 17.8 Å². The molecule has 1 saturated heterocycles. The van der Waals surface area contributed by atoms with E-state index in [0.29, 0.717) is 11.9 Å². The first-order chi connectivity index (χ1) is 15.6. The van der Waals surface area contributed by atoms with Gasteiger partial charge < -0.3 is 14.8 Å².